The predicted octanol–water partition coefficient (Wildman–Crippen LogP) is 6.53. The van der Waals surface area contributed by atoms with Crippen molar-refractivity contribution < 1.29 is 9.53 Å². The third-order valence-corrected chi connectivity index (χ3v) is 6.45. The van der Waals surface area contributed by atoms with Crippen LogP contribution < -0.4 is 10.1 Å². The first-order chi connectivity index (χ1) is 13.3. The highest BCUT2D eigenvalue weighted by Crippen LogP contribution is 2.33. The van der Waals surface area contributed by atoms with Crippen molar-refractivity contribution in [2.75, 3.05) is 7.11 Å². The van der Waals surface area contributed by atoms with E-state index in [4.69, 9.17) is 16.3 Å². The number of hydrogen-bond acceptors (Lipinski definition) is 3. The van der Waals surface area contributed by atoms with Crippen LogP contribution in [-0.2, 0) is 4.79 Å². The van der Waals surface area contributed by atoms with Crippen molar-refractivity contribution in [1.82, 2.24) is 5.32 Å². The maximum atomic E-state index is 12.9. The normalized spacial score (nSPS) is 13.3. The number of thioether (sulfide) groups is 1. The number of carbonyl (C=O) groups excluding carboxylic acids is 1. The van der Waals surface area contributed by atoms with Gasteiger partial charge in [0.15, 0.2) is 0 Å². The van der Waals surface area contributed by atoms with Crippen LogP contribution in [0.15, 0.2) is 41.3 Å². The first-order valence-corrected chi connectivity index (χ1v) is 10.9. The maximum Gasteiger partial charge on any atom is 0.233 e. The second kappa shape index (κ2) is 10.2. The minimum atomic E-state index is -0.147. The van der Waals surface area contributed by atoms with E-state index in [0.717, 1.165) is 33.8 Å². The van der Waals surface area contributed by atoms with Crippen molar-refractivity contribution in [3.05, 3.63) is 58.1 Å². The van der Waals surface area contributed by atoms with E-state index in [1.54, 1.807) is 18.9 Å². The highest BCUT2D eigenvalue weighted by atomic mass is 35.5. The van der Waals surface area contributed by atoms with Gasteiger partial charge in [-0.15, -0.1) is 11.8 Å². The Kier molecular flexibility index (Phi) is 8.26. The lowest BCUT2D eigenvalue weighted by Gasteiger charge is -2.23. The Morgan fingerprint density at radius 3 is 2.32 bits per heavy atom. The topological polar surface area (TPSA) is 38.3 Å². The molecule has 0 radical (unpaired) electrons. The van der Waals surface area contributed by atoms with Crippen LogP contribution in [0.2, 0.25) is 5.02 Å². The lowest BCUT2D eigenvalue weighted by molar-refractivity contribution is -0.121. The maximum absolute atomic E-state index is 12.9. The van der Waals surface area contributed by atoms with Crippen LogP contribution in [0.3, 0.4) is 0 Å². The molecule has 0 aliphatic carbocycles. The summed E-state index contributed by atoms with van der Waals surface area (Å²) in [6, 6.07) is 11.8. The number of hydrogen-bond donors (Lipinski definition) is 1. The molecule has 0 aliphatic rings. The van der Waals surface area contributed by atoms with Gasteiger partial charge in [-0.25, -0.2) is 0 Å². The Balaban J connectivity index is 2.15. The Morgan fingerprint density at radius 1 is 1.14 bits per heavy atom. The summed E-state index contributed by atoms with van der Waals surface area (Å²) < 4.78 is 5.53. The van der Waals surface area contributed by atoms with Crippen LogP contribution in [0.4, 0.5) is 0 Å². The summed E-state index contributed by atoms with van der Waals surface area (Å²) in [5.74, 6) is 1.30. The molecule has 3 nitrogen and oxygen atoms in total. The van der Waals surface area contributed by atoms with Crippen molar-refractivity contribution in [3.8, 4) is 5.75 Å². The summed E-state index contributed by atoms with van der Waals surface area (Å²) in [6.45, 7) is 10.4. The van der Waals surface area contributed by atoms with E-state index in [2.05, 4.69) is 38.2 Å². The van der Waals surface area contributed by atoms with Crippen molar-refractivity contribution in [2.24, 2.45) is 0 Å². The molecule has 0 unspecified atom stereocenters. The quantitative estimate of drug-likeness (QED) is 0.494. The van der Waals surface area contributed by atoms with Crippen LogP contribution in [0.5, 0.6) is 5.75 Å². The van der Waals surface area contributed by atoms with Gasteiger partial charge in [0.05, 0.1) is 18.4 Å². The molecular formula is C23H30ClNO2S. The lowest BCUT2D eigenvalue weighted by atomic mass is 9.93. The second-order valence-electron chi connectivity index (χ2n) is 7.30. The Bertz CT molecular complexity index is 805. The zero-order valence-electron chi connectivity index (χ0n) is 17.5. The molecule has 1 N–H and O–H groups in total. The van der Waals surface area contributed by atoms with Crippen LogP contribution in [-0.4, -0.2) is 18.3 Å². The molecule has 0 spiro atoms. The minimum Gasteiger partial charge on any atom is -0.496 e. The third kappa shape index (κ3) is 5.68. The predicted molar refractivity (Wildman–Crippen MR) is 120 cm³/mol. The molecule has 0 saturated heterocycles. The number of amides is 1. The van der Waals surface area contributed by atoms with Crippen molar-refractivity contribution in [2.45, 2.75) is 63.1 Å². The number of methoxy groups -OCH3 is 1. The Hall–Kier alpha value is -1.65. The number of benzene rings is 2. The second-order valence-corrected chi connectivity index (χ2v) is 9.02. The Labute approximate surface area is 178 Å². The largest absolute Gasteiger partial charge is 0.496 e. The molecule has 0 saturated carbocycles. The smallest absolute Gasteiger partial charge is 0.233 e. The standard InChI is InChI=1S/C23H30ClNO2S/c1-7-22(28-18-10-8-17(24)9-11-18)23(26)25-16(5)20-13-19(14(2)3)21(27-6)12-15(20)4/h8-14,16,22H,7H2,1-6H3,(H,25,26)/t16-,22+/m1/s1. The molecule has 0 fully saturated rings. The zero-order chi connectivity index (χ0) is 20.8. The van der Waals surface area contributed by atoms with Gasteiger partial charge in [-0.3, -0.25) is 4.79 Å². The molecule has 2 aromatic rings. The van der Waals surface area contributed by atoms with Crippen molar-refractivity contribution in [3.63, 3.8) is 0 Å². The van der Waals surface area contributed by atoms with Crippen LogP contribution in [0, 0.1) is 6.92 Å². The summed E-state index contributed by atoms with van der Waals surface area (Å²) in [5, 5.41) is 3.75. The van der Waals surface area contributed by atoms with E-state index in [9.17, 15) is 4.79 Å². The highest BCUT2D eigenvalue weighted by molar-refractivity contribution is 8.00. The van der Waals surface area contributed by atoms with Crippen molar-refractivity contribution in [1.29, 1.82) is 0 Å². The molecule has 0 bridgehead atoms. The molecule has 28 heavy (non-hydrogen) atoms. The Morgan fingerprint density at radius 2 is 1.79 bits per heavy atom. The van der Waals surface area contributed by atoms with Crippen LogP contribution >= 0.6 is 23.4 Å². The minimum absolute atomic E-state index is 0.0521. The molecule has 152 valence electrons. The van der Waals surface area contributed by atoms with Gasteiger partial charge in [-0.2, -0.15) is 0 Å². The van der Waals surface area contributed by atoms with Gasteiger partial charge in [-0.1, -0.05) is 32.4 Å². The van der Waals surface area contributed by atoms with Crippen LogP contribution in [0.25, 0.3) is 0 Å². The average Bonchev–Trinajstić information content (AvgIpc) is 2.66. The fraction of sp³-hybridized carbons (Fsp3) is 0.435. The molecule has 2 rings (SSSR count). The van der Waals surface area contributed by atoms with Gasteiger partial charge in [0.25, 0.3) is 0 Å². The van der Waals surface area contributed by atoms with E-state index in [-0.39, 0.29) is 17.2 Å². The first-order valence-electron chi connectivity index (χ1n) is 9.67. The SMILES string of the molecule is CC[C@H](Sc1ccc(Cl)cc1)C(=O)N[C@H](C)c1cc(C(C)C)c(OC)cc1C. The van der Waals surface area contributed by atoms with Gasteiger partial charge in [0, 0.05) is 9.92 Å². The van der Waals surface area contributed by atoms with E-state index in [1.807, 2.05) is 38.1 Å². The van der Waals surface area contributed by atoms with Gasteiger partial charge in [-0.05, 0) is 79.3 Å². The molecule has 0 aliphatic heterocycles. The van der Waals surface area contributed by atoms with Gasteiger partial charge in [0.2, 0.25) is 5.91 Å². The lowest BCUT2D eigenvalue weighted by Crippen LogP contribution is -2.34. The number of ether oxygens (including phenoxy) is 1. The molecule has 2 aromatic carbocycles. The third-order valence-electron chi connectivity index (χ3n) is 4.82. The summed E-state index contributed by atoms with van der Waals surface area (Å²) in [6.07, 6.45) is 0.755. The number of rotatable bonds is 8. The summed E-state index contributed by atoms with van der Waals surface area (Å²) in [4.78, 5) is 13.9. The fourth-order valence-electron chi connectivity index (χ4n) is 3.19. The zero-order valence-corrected chi connectivity index (χ0v) is 19.1. The summed E-state index contributed by atoms with van der Waals surface area (Å²) in [7, 11) is 1.70. The monoisotopic (exact) mass is 419 g/mol. The molecule has 0 aromatic heterocycles. The van der Waals surface area contributed by atoms with Gasteiger partial charge in [0.1, 0.15) is 5.75 Å². The molecule has 2 atom stereocenters. The molecular weight excluding hydrogens is 390 g/mol. The number of halogens is 1. The van der Waals surface area contributed by atoms with Gasteiger partial charge >= 0.3 is 0 Å². The van der Waals surface area contributed by atoms with Crippen LogP contribution in [0.1, 0.15) is 62.8 Å². The number of nitrogens with one attached hydrogen (secondary N) is 1. The van der Waals surface area contributed by atoms with E-state index >= 15 is 0 Å². The van der Waals surface area contributed by atoms with Gasteiger partial charge < -0.3 is 10.1 Å². The highest BCUT2D eigenvalue weighted by Gasteiger charge is 2.22. The van der Waals surface area contributed by atoms with E-state index < -0.39 is 0 Å². The van der Waals surface area contributed by atoms with E-state index in [1.165, 1.54) is 0 Å². The summed E-state index contributed by atoms with van der Waals surface area (Å²) >= 11 is 7.53. The number of aryl methyl sites for hydroxylation is 1. The number of carbonyl (C=O) groups is 1. The first kappa shape index (κ1) is 22.6. The summed E-state index contributed by atoms with van der Waals surface area (Å²) in [5.41, 5.74) is 3.41. The molecule has 1 amide bonds. The fourth-order valence-corrected chi connectivity index (χ4v) is 4.28. The molecule has 0 heterocycles. The van der Waals surface area contributed by atoms with Crippen molar-refractivity contribution >= 4 is 29.3 Å². The average molecular weight is 420 g/mol. The van der Waals surface area contributed by atoms with E-state index in [0.29, 0.717) is 10.9 Å². The molecule has 5 heteroatoms.